The number of benzene rings is 1. The van der Waals surface area contributed by atoms with Crippen LogP contribution in [0.3, 0.4) is 0 Å². The molecule has 7 heteroatoms. The molecular formula is C18H21ClN4O2. The van der Waals surface area contributed by atoms with Gasteiger partial charge in [0, 0.05) is 36.8 Å². The lowest BCUT2D eigenvalue weighted by Crippen LogP contribution is -2.49. The van der Waals surface area contributed by atoms with Gasteiger partial charge in [-0.1, -0.05) is 11.6 Å². The molecule has 1 N–H and O–H groups in total. The molecule has 0 saturated carbocycles. The minimum Gasteiger partial charge on any atom is -0.490 e. The standard InChI is InChI=1S/C18H21ClN4O2/c1-23-9-12-10-24-11-14(23)8-16(12)25-15-4-2-13(3-5-15)21-18-20-7-6-17(19)22-18/h2-7,12,14,16H,8-11H2,1H3,(H,20,21,22)/t12?,14-,16-/m0/s1. The van der Waals surface area contributed by atoms with Crippen molar-refractivity contribution >= 4 is 23.2 Å². The van der Waals surface area contributed by atoms with Gasteiger partial charge in [-0.3, -0.25) is 0 Å². The van der Waals surface area contributed by atoms with Crippen molar-refractivity contribution in [3.63, 3.8) is 0 Å². The number of nitrogens with zero attached hydrogens (tertiary/aromatic N) is 3. The SMILES string of the molecule is CN1CC2COC[C@@H]1C[C@@H]2Oc1ccc(Nc2nccc(Cl)n2)cc1. The summed E-state index contributed by atoms with van der Waals surface area (Å²) in [6.07, 6.45) is 2.84. The van der Waals surface area contributed by atoms with E-state index in [-0.39, 0.29) is 6.10 Å². The summed E-state index contributed by atoms with van der Waals surface area (Å²) in [5.41, 5.74) is 0.889. The van der Waals surface area contributed by atoms with Crippen LogP contribution in [0.15, 0.2) is 36.5 Å². The number of rotatable bonds is 4. The van der Waals surface area contributed by atoms with E-state index in [0.29, 0.717) is 23.1 Å². The molecule has 3 atom stereocenters. The lowest BCUT2D eigenvalue weighted by atomic mass is 9.92. The van der Waals surface area contributed by atoms with Gasteiger partial charge in [0.2, 0.25) is 5.95 Å². The molecule has 4 heterocycles. The maximum atomic E-state index is 6.26. The van der Waals surface area contributed by atoms with Crippen LogP contribution in [0.4, 0.5) is 11.6 Å². The molecule has 25 heavy (non-hydrogen) atoms. The molecule has 132 valence electrons. The largest absolute Gasteiger partial charge is 0.490 e. The van der Waals surface area contributed by atoms with E-state index in [1.54, 1.807) is 12.3 Å². The van der Waals surface area contributed by atoms with E-state index in [2.05, 4.69) is 27.2 Å². The van der Waals surface area contributed by atoms with Gasteiger partial charge in [-0.05, 0) is 37.4 Å². The van der Waals surface area contributed by atoms with E-state index < -0.39 is 0 Å². The fourth-order valence-corrected chi connectivity index (χ4v) is 3.59. The molecule has 6 nitrogen and oxygen atoms in total. The molecule has 3 fully saturated rings. The predicted octanol–water partition coefficient (Wildman–Crippen LogP) is 2.97. The Labute approximate surface area is 152 Å². The van der Waals surface area contributed by atoms with E-state index in [9.17, 15) is 0 Å². The van der Waals surface area contributed by atoms with Crippen LogP contribution in [0.1, 0.15) is 6.42 Å². The number of likely N-dealkylation sites (N-methyl/N-ethyl adjacent to an activating group) is 1. The highest BCUT2D eigenvalue weighted by molar-refractivity contribution is 6.29. The van der Waals surface area contributed by atoms with Crippen molar-refractivity contribution in [2.45, 2.75) is 18.6 Å². The number of hydrogen-bond acceptors (Lipinski definition) is 6. The van der Waals surface area contributed by atoms with Gasteiger partial charge in [0.1, 0.15) is 17.0 Å². The number of fused-ring (bicyclic) bond motifs is 4. The van der Waals surface area contributed by atoms with Crippen LogP contribution in [0.25, 0.3) is 0 Å². The summed E-state index contributed by atoms with van der Waals surface area (Å²) < 4.78 is 12.0. The minimum atomic E-state index is 0.207. The Morgan fingerprint density at radius 2 is 2.08 bits per heavy atom. The second-order valence-electron chi connectivity index (χ2n) is 6.64. The van der Waals surface area contributed by atoms with Crippen molar-refractivity contribution in [1.82, 2.24) is 14.9 Å². The average Bonchev–Trinajstić information content (AvgIpc) is 2.90. The molecule has 5 rings (SSSR count). The van der Waals surface area contributed by atoms with Gasteiger partial charge < -0.3 is 19.7 Å². The summed E-state index contributed by atoms with van der Waals surface area (Å²) in [5, 5.41) is 3.54. The van der Waals surface area contributed by atoms with Crippen LogP contribution in [0.5, 0.6) is 5.75 Å². The Kier molecular flexibility index (Phi) is 4.74. The molecule has 2 aromatic rings. The Morgan fingerprint density at radius 3 is 2.88 bits per heavy atom. The average molecular weight is 361 g/mol. The number of hydrogen-bond donors (Lipinski definition) is 1. The van der Waals surface area contributed by atoms with Gasteiger partial charge in [0.05, 0.1) is 13.2 Å². The zero-order valence-electron chi connectivity index (χ0n) is 14.1. The molecule has 0 spiro atoms. The predicted molar refractivity (Wildman–Crippen MR) is 96.5 cm³/mol. The van der Waals surface area contributed by atoms with Crippen molar-refractivity contribution in [2.75, 3.05) is 32.1 Å². The molecule has 1 unspecified atom stereocenters. The zero-order chi connectivity index (χ0) is 17.2. The highest BCUT2D eigenvalue weighted by atomic mass is 35.5. The number of halogens is 1. The molecule has 0 radical (unpaired) electrons. The maximum Gasteiger partial charge on any atom is 0.228 e. The van der Waals surface area contributed by atoms with Crippen LogP contribution in [-0.2, 0) is 4.74 Å². The van der Waals surface area contributed by atoms with Crippen molar-refractivity contribution in [2.24, 2.45) is 5.92 Å². The third-order valence-corrected chi connectivity index (χ3v) is 5.05. The molecule has 1 aromatic carbocycles. The second-order valence-corrected chi connectivity index (χ2v) is 7.02. The van der Waals surface area contributed by atoms with Gasteiger partial charge in [-0.25, -0.2) is 9.97 Å². The maximum absolute atomic E-state index is 6.26. The van der Waals surface area contributed by atoms with E-state index in [4.69, 9.17) is 21.1 Å². The van der Waals surface area contributed by atoms with E-state index in [0.717, 1.165) is 37.6 Å². The van der Waals surface area contributed by atoms with Crippen molar-refractivity contribution in [3.8, 4) is 5.75 Å². The summed E-state index contributed by atoms with van der Waals surface area (Å²) in [4.78, 5) is 10.6. The van der Waals surface area contributed by atoms with E-state index in [1.807, 2.05) is 24.3 Å². The summed E-state index contributed by atoms with van der Waals surface area (Å²) in [7, 11) is 2.17. The lowest BCUT2D eigenvalue weighted by molar-refractivity contribution is 0.0392. The van der Waals surface area contributed by atoms with Gasteiger partial charge >= 0.3 is 0 Å². The van der Waals surface area contributed by atoms with Crippen molar-refractivity contribution in [3.05, 3.63) is 41.7 Å². The van der Waals surface area contributed by atoms with Crippen LogP contribution in [0.2, 0.25) is 5.15 Å². The quantitative estimate of drug-likeness (QED) is 0.846. The molecular weight excluding hydrogens is 340 g/mol. The van der Waals surface area contributed by atoms with Gasteiger partial charge in [0.25, 0.3) is 0 Å². The Balaban J connectivity index is 1.41. The van der Waals surface area contributed by atoms with Crippen LogP contribution < -0.4 is 10.1 Å². The van der Waals surface area contributed by atoms with Gasteiger partial charge in [-0.15, -0.1) is 0 Å². The molecule has 1 aromatic heterocycles. The third kappa shape index (κ3) is 3.86. The smallest absolute Gasteiger partial charge is 0.228 e. The lowest BCUT2D eigenvalue weighted by Gasteiger charge is -2.38. The number of piperidine rings is 1. The van der Waals surface area contributed by atoms with Crippen molar-refractivity contribution in [1.29, 1.82) is 0 Å². The molecule has 0 amide bonds. The Bertz CT molecular complexity index is 727. The fraction of sp³-hybridized carbons (Fsp3) is 0.444. The summed E-state index contributed by atoms with van der Waals surface area (Å²) >= 11 is 5.87. The number of anilines is 2. The fourth-order valence-electron chi connectivity index (χ4n) is 3.45. The first-order valence-electron chi connectivity index (χ1n) is 8.47. The van der Waals surface area contributed by atoms with Crippen LogP contribution in [-0.4, -0.2) is 53.8 Å². The topological polar surface area (TPSA) is 59.5 Å². The first-order valence-corrected chi connectivity index (χ1v) is 8.85. The monoisotopic (exact) mass is 360 g/mol. The summed E-state index contributed by atoms with van der Waals surface area (Å²) in [5.74, 6) is 1.77. The minimum absolute atomic E-state index is 0.207. The molecule has 3 aliphatic heterocycles. The number of ether oxygens (including phenoxy) is 2. The highest BCUT2D eigenvalue weighted by Gasteiger charge is 2.38. The number of aromatic nitrogens is 2. The third-order valence-electron chi connectivity index (χ3n) is 4.84. The second kappa shape index (κ2) is 7.15. The molecule has 0 aliphatic carbocycles. The van der Waals surface area contributed by atoms with E-state index >= 15 is 0 Å². The first kappa shape index (κ1) is 16.6. The summed E-state index contributed by atoms with van der Waals surface area (Å²) in [6.45, 7) is 2.60. The molecule has 3 saturated heterocycles. The van der Waals surface area contributed by atoms with Crippen molar-refractivity contribution < 1.29 is 9.47 Å². The first-order chi connectivity index (χ1) is 12.2. The normalized spacial score (nSPS) is 26.2. The molecule has 3 aliphatic rings. The van der Waals surface area contributed by atoms with Crippen LogP contribution in [0, 0.1) is 5.92 Å². The Morgan fingerprint density at radius 1 is 1.24 bits per heavy atom. The Hall–Kier alpha value is -1.89. The van der Waals surface area contributed by atoms with Gasteiger partial charge in [-0.2, -0.15) is 0 Å². The van der Waals surface area contributed by atoms with E-state index in [1.165, 1.54) is 0 Å². The van der Waals surface area contributed by atoms with Gasteiger partial charge in [0.15, 0.2) is 0 Å². The summed E-state index contributed by atoms with van der Waals surface area (Å²) in [6, 6.07) is 9.94. The molecule has 2 bridgehead atoms. The number of nitrogens with one attached hydrogen (secondary N) is 1. The highest BCUT2D eigenvalue weighted by Crippen LogP contribution is 2.30. The zero-order valence-corrected chi connectivity index (χ0v) is 14.8. The van der Waals surface area contributed by atoms with Crippen LogP contribution >= 0.6 is 11.6 Å².